The van der Waals surface area contributed by atoms with Crippen LogP contribution in [0.5, 0.6) is 0 Å². The summed E-state index contributed by atoms with van der Waals surface area (Å²) in [4.78, 5) is 12.9. The number of fused-ring (bicyclic) bond motifs is 1. The monoisotopic (exact) mass is 416 g/mol. The minimum atomic E-state index is -1.37. The van der Waals surface area contributed by atoms with Crippen molar-refractivity contribution in [3.8, 4) is 0 Å². The predicted octanol–water partition coefficient (Wildman–Crippen LogP) is 5.08. The lowest BCUT2D eigenvalue weighted by atomic mass is 9.82. The summed E-state index contributed by atoms with van der Waals surface area (Å²) in [7, 11) is -1.37. The molecule has 1 aliphatic carbocycles. The number of rotatable bonds is 9. The lowest BCUT2D eigenvalue weighted by molar-refractivity contribution is -0.0397. The zero-order valence-corrected chi connectivity index (χ0v) is 19.8. The number of aliphatic hydroxyl groups excluding tert-OH is 1. The molecule has 160 valence electrons. The van der Waals surface area contributed by atoms with E-state index in [0.29, 0.717) is 6.42 Å². The molecule has 1 N–H and O–H groups in total. The van der Waals surface area contributed by atoms with Gasteiger partial charge in [-0.05, 0) is 86.4 Å². The first kappa shape index (κ1) is 22.3. The molecule has 1 aromatic rings. The standard InChI is InChI=1S/C24H36O4Si/c1-6-8-13-18-19(14-20(25)16-11-9-10-12-16)17(7-2)15(3)21-22(18)23(26)27-24(21)28-29(4)5/h11,20,24-25,29H,6-10,12-14H2,1-5H3/t20-,24?/m0/s1. The second-order valence-electron chi connectivity index (χ2n) is 8.62. The number of benzene rings is 1. The van der Waals surface area contributed by atoms with Gasteiger partial charge in [0, 0.05) is 12.0 Å². The second kappa shape index (κ2) is 9.58. The topological polar surface area (TPSA) is 55.8 Å². The SMILES string of the molecule is CCCCc1c(C[C@H](O)C2=CCCC2)c(CC)c(C)c2c1C(=O)OC2O[SiH](C)C. The highest BCUT2D eigenvalue weighted by atomic mass is 28.3. The van der Waals surface area contributed by atoms with Crippen molar-refractivity contribution in [1.82, 2.24) is 0 Å². The molecule has 0 amide bonds. The van der Waals surface area contributed by atoms with E-state index >= 15 is 0 Å². The van der Waals surface area contributed by atoms with E-state index in [4.69, 9.17) is 9.16 Å². The zero-order chi connectivity index (χ0) is 21.1. The predicted molar refractivity (Wildman–Crippen MR) is 119 cm³/mol. The van der Waals surface area contributed by atoms with Crippen molar-refractivity contribution in [2.45, 2.75) is 97.6 Å². The van der Waals surface area contributed by atoms with Crippen LogP contribution < -0.4 is 0 Å². The summed E-state index contributed by atoms with van der Waals surface area (Å²) >= 11 is 0. The van der Waals surface area contributed by atoms with Crippen LogP contribution in [0.1, 0.15) is 90.4 Å². The van der Waals surface area contributed by atoms with Gasteiger partial charge in [-0.2, -0.15) is 0 Å². The Bertz CT molecular complexity index is 797. The highest BCUT2D eigenvalue weighted by molar-refractivity contribution is 6.48. The molecule has 5 heteroatoms. The number of hydrogen-bond donors (Lipinski definition) is 1. The number of aliphatic hydroxyl groups is 1. The molecule has 2 atom stereocenters. The van der Waals surface area contributed by atoms with E-state index in [1.807, 2.05) is 0 Å². The Balaban J connectivity index is 2.12. The van der Waals surface area contributed by atoms with Gasteiger partial charge in [0.2, 0.25) is 6.29 Å². The summed E-state index contributed by atoms with van der Waals surface area (Å²) < 4.78 is 11.8. The van der Waals surface area contributed by atoms with Crippen LogP contribution in [0.4, 0.5) is 0 Å². The summed E-state index contributed by atoms with van der Waals surface area (Å²) in [6.07, 6.45) is 8.70. The van der Waals surface area contributed by atoms with Crippen molar-refractivity contribution >= 4 is 15.0 Å². The lowest BCUT2D eigenvalue weighted by Crippen LogP contribution is -2.19. The van der Waals surface area contributed by atoms with Crippen molar-refractivity contribution in [1.29, 1.82) is 0 Å². The van der Waals surface area contributed by atoms with Crippen molar-refractivity contribution in [2.24, 2.45) is 0 Å². The van der Waals surface area contributed by atoms with Gasteiger partial charge in [0.05, 0.1) is 11.7 Å². The summed E-state index contributed by atoms with van der Waals surface area (Å²) in [5.74, 6) is -0.257. The molecule has 1 heterocycles. The Kier molecular flexibility index (Phi) is 7.36. The van der Waals surface area contributed by atoms with Gasteiger partial charge in [0.25, 0.3) is 0 Å². The molecule has 4 nitrogen and oxygen atoms in total. The van der Waals surface area contributed by atoms with Crippen LogP contribution in [0, 0.1) is 6.92 Å². The second-order valence-corrected chi connectivity index (χ2v) is 11.0. The van der Waals surface area contributed by atoms with Gasteiger partial charge in [-0.3, -0.25) is 0 Å². The third-order valence-electron chi connectivity index (χ3n) is 6.24. The maximum absolute atomic E-state index is 12.9. The molecule has 3 rings (SSSR count). The lowest BCUT2D eigenvalue weighted by Gasteiger charge is -2.24. The number of hydrogen-bond acceptors (Lipinski definition) is 4. The van der Waals surface area contributed by atoms with Crippen LogP contribution >= 0.6 is 0 Å². The molecule has 1 aromatic carbocycles. The smallest absolute Gasteiger partial charge is 0.341 e. The van der Waals surface area contributed by atoms with E-state index in [-0.39, 0.29) is 5.97 Å². The minimum absolute atomic E-state index is 0.257. The van der Waals surface area contributed by atoms with Gasteiger partial charge in [-0.25, -0.2) is 4.79 Å². The normalized spacial score (nSPS) is 19.5. The van der Waals surface area contributed by atoms with Crippen LogP contribution in [0.2, 0.25) is 13.1 Å². The Morgan fingerprint density at radius 1 is 1.28 bits per heavy atom. The molecule has 0 fully saturated rings. The van der Waals surface area contributed by atoms with Gasteiger partial charge < -0.3 is 14.3 Å². The number of cyclic esters (lactones) is 1. The molecule has 1 unspecified atom stereocenters. The Morgan fingerprint density at radius 2 is 2.03 bits per heavy atom. The molecular formula is C24H36O4Si. The number of carbonyl (C=O) groups excluding carboxylic acids is 1. The number of esters is 1. The number of allylic oxidation sites excluding steroid dienone is 1. The molecule has 0 saturated carbocycles. The molecule has 2 aliphatic rings. The molecule has 0 radical (unpaired) electrons. The van der Waals surface area contributed by atoms with Crippen molar-refractivity contribution in [3.05, 3.63) is 45.0 Å². The van der Waals surface area contributed by atoms with E-state index in [0.717, 1.165) is 78.3 Å². The first-order valence-electron chi connectivity index (χ1n) is 11.3. The summed E-state index contributed by atoms with van der Waals surface area (Å²) in [5, 5.41) is 10.9. The molecule has 0 bridgehead atoms. The van der Waals surface area contributed by atoms with Gasteiger partial charge >= 0.3 is 5.97 Å². The maximum atomic E-state index is 12.9. The summed E-state index contributed by atoms with van der Waals surface area (Å²) in [6.45, 7) is 10.6. The van der Waals surface area contributed by atoms with Crippen LogP contribution in [0.3, 0.4) is 0 Å². The minimum Gasteiger partial charge on any atom is -0.429 e. The van der Waals surface area contributed by atoms with E-state index in [2.05, 4.69) is 39.9 Å². The Morgan fingerprint density at radius 3 is 2.62 bits per heavy atom. The zero-order valence-electron chi connectivity index (χ0n) is 18.6. The van der Waals surface area contributed by atoms with Crippen molar-refractivity contribution in [3.63, 3.8) is 0 Å². The van der Waals surface area contributed by atoms with Gasteiger partial charge in [-0.1, -0.05) is 26.3 Å². The summed E-state index contributed by atoms with van der Waals surface area (Å²) in [6, 6.07) is 0. The highest BCUT2D eigenvalue weighted by Gasteiger charge is 2.38. The van der Waals surface area contributed by atoms with Crippen LogP contribution in [-0.2, 0) is 28.4 Å². The largest absolute Gasteiger partial charge is 0.429 e. The fraction of sp³-hybridized carbons (Fsp3) is 0.625. The first-order valence-corrected chi connectivity index (χ1v) is 14.1. The molecule has 0 saturated heterocycles. The quantitative estimate of drug-likeness (QED) is 0.346. The molecular weight excluding hydrogens is 380 g/mol. The molecule has 1 aliphatic heterocycles. The van der Waals surface area contributed by atoms with E-state index in [1.54, 1.807) is 0 Å². The van der Waals surface area contributed by atoms with Crippen molar-refractivity contribution in [2.75, 3.05) is 0 Å². The average Bonchev–Trinajstić information content (AvgIpc) is 3.30. The first-order chi connectivity index (χ1) is 13.9. The van der Waals surface area contributed by atoms with Gasteiger partial charge in [0.15, 0.2) is 9.04 Å². The van der Waals surface area contributed by atoms with Gasteiger partial charge in [-0.15, -0.1) is 0 Å². The number of carbonyl (C=O) groups is 1. The van der Waals surface area contributed by atoms with Crippen LogP contribution in [0.25, 0.3) is 0 Å². The van der Waals surface area contributed by atoms with E-state index in [9.17, 15) is 9.90 Å². The molecule has 29 heavy (non-hydrogen) atoms. The highest BCUT2D eigenvalue weighted by Crippen LogP contribution is 2.42. The van der Waals surface area contributed by atoms with Crippen LogP contribution in [0.15, 0.2) is 11.6 Å². The molecule has 0 aromatic heterocycles. The third-order valence-corrected chi connectivity index (χ3v) is 7.03. The molecule has 0 spiro atoms. The fourth-order valence-electron chi connectivity index (χ4n) is 4.84. The van der Waals surface area contributed by atoms with E-state index < -0.39 is 21.4 Å². The number of unbranched alkanes of at least 4 members (excludes halogenated alkanes) is 1. The number of ether oxygens (including phenoxy) is 1. The Labute approximate surface area is 177 Å². The average molecular weight is 417 g/mol. The van der Waals surface area contributed by atoms with Crippen LogP contribution in [-0.4, -0.2) is 26.2 Å². The fourth-order valence-corrected chi connectivity index (χ4v) is 5.52. The third kappa shape index (κ3) is 4.52. The van der Waals surface area contributed by atoms with E-state index in [1.165, 1.54) is 5.56 Å². The van der Waals surface area contributed by atoms with Crippen molar-refractivity contribution < 1.29 is 19.1 Å². The summed E-state index contributed by atoms with van der Waals surface area (Å²) in [5.41, 5.74) is 7.43. The maximum Gasteiger partial charge on any atom is 0.341 e. The van der Waals surface area contributed by atoms with Gasteiger partial charge in [0.1, 0.15) is 0 Å². The Hall–Kier alpha value is -1.43.